The first-order valence-electron chi connectivity index (χ1n) is 6.48. The fourth-order valence-electron chi connectivity index (χ4n) is 2.27. The third kappa shape index (κ3) is 2.36. The smallest absolute Gasteiger partial charge is 0.125 e. The van der Waals surface area contributed by atoms with E-state index in [1.165, 1.54) is 5.56 Å². The van der Waals surface area contributed by atoms with Gasteiger partial charge >= 0.3 is 0 Å². The van der Waals surface area contributed by atoms with Gasteiger partial charge in [-0.1, -0.05) is 54.6 Å². The van der Waals surface area contributed by atoms with Gasteiger partial charge in [0.25, 0.3) is 0 Å². The van der Waals surface area contributed by atoms with Gasteiger partial charge in [-0.3, -0.25) is 0 Å². The Balaban J connectivity index is 1.97. The average Bonchev–Trinajstić information content (AvgIpc) is 2.48. The van der Waals surface area contributed by atoms with E-state index in [4.69, 9.17) is 5.73 Å². The molecule has 0 saturated carbocycles. The summed E-state index contributed by atoms with van der Waals surface area (Å²) < 4.78 is 0. The fourth-order valence-corrected chi connectivity index (χ4v) is 2.27. The molecule has 0 heterocycles. The van der Waals surface area contributed by atoms with Crippen LogP contribution in [0, 0.1) is 0 Å². The molecule has 0 aromatic heterocycles. The summed E-state index contributed by atoms with van der Waals surface area (Å²) in [5, 5.41) is 9.95. The minimum Gasteiger partial charge on any atom is -0.507 e. The Morgan fingerprint density at radius 2 is 1.25 bits per heavy atom. The first kappa shape index (κ1) is 12.3. The minimum atomic E-state index is 0.206. The van der Waals surface area contributed by atoms with Crippen molar-refractivity contribution in [3.8, 4) is 28.0 Å². The molecule has 3 aromatic carbocycles. The second-order valence-electron chi connectivity index (χ2n) is 4.72. The van der Waals surface area contributed by atoms with Crippen LogP contribution in [0.4, 0.5) is 5.69 Å². The van der Waals surface area contributed by atoms with Crippen LogP contribution in [0.3, 0.4) is 0 Å². The summed E-state index contributed by atoms with van der Waals surface area (Å²) in [6.45, 7) is 0. The van der Waals surface area contributed by atoms with Gasteiger partial charge in [-0.25, -0.2) is 0 Å². The van der Waals surface area contributed by atoms with Gasteiger partial charge in [-0.2, -0.15) is 0 Å². The Morgan fingerprint density at radius 1 is 0.650 bits per heavy atom. The number of rotatable bonds is 2. The van der Waals surface area contributed by atoms with Crippen molar-refractivity contribution in [2.75, 3.05) is 5.73 Å². The van der Waals surface area contributed by atoms with E-state index in [9.17, 15) is 5.11 Å². The van der Waals surface area contributed by atoms with E-state index in [1.807, 2.05) is 36.4 Å². The van der Waals surface area contributed by atoms with Gasteiger partial charge in [0.1, 0.15) is 5.75 Å². The normalized spacial score (nSPS) is 10.4. The molecule has 0 amide bonds. The molecule has 0 atom stereocenters. The van der Waals surface area contributed by atoms with E-state index in [0.29, 0.717) is 5.69 Å². The van der Waals surface area contributed by atoms with Crippen LogP contribution in [0.1, 0.15) is 0 Å². The van der Waals surface area contributed by atoms with E-state index in [0.717, 1.165) is 16.7 Å². The van der Waals surface area contributed by atoms with Crippen molar-refractivity contribution in [1.29, 1.82) is 0 Å². The highest BCUT2D eigenvalue weighted by molar-refractivity contribution is 5.75. The zero-order valence-corrected chi connectivity index (χ0v) is 11.0. The molecule has 98 valence electrons. The molecule has 0 saturated heterocycles. The third-order valence-electron chi connectivity index (χ3n) is 3.32. The summed E-state index contributed by atoms with van der Waals surface area (Å²) in [4.78, 5) is 0. The molecule has 3 N–H and O–H groups in total. The van der Waals surface area contributed by atoms with Crippen LogP contribution in [0.25, 0.3) is 22.3 Å². The zero-order valence-electron chi connectivity index (χ0n) is 11.0. The summed E-state index contributed by atoms with van der Waals surface area (Å²) in [5.41, 5.74) is 10.3. The maximum absolute atomic E-state index is 9.95. The lowest BCUT2D eigenvalue weighted by atomic mass is 9.99. The van der Waals surface area contributed by atoms with Crippen LogP contribution in [-0.4, -0.2) is 5.11 Å². The molecule has 0 spiro atoms. The van der Waals surface area contributed by atoms with Gasteiger partial charge in [0.2, 0.25) is 0 Å². The van der Waals surface area contributed by atoms with Crippen molar-refractivity contribution in [3.63, 3.8) is 0 Å². The van der Waals surface area contributed by atoms with Gasteiger partial charge < -0.3 is 10.8 Å². The number of phenolic OH excluding ortho intramolecular Hbond substituents is 1. The molecule has 0 aliphatic rings. The summed E-state index contributed by atoms with van der Waals surface area (Å²) >= 11 is 0. The van der Waals surface area contributed by atoms with E-state index >= 15 is 0 Å². The van der Waals surface area contributed by atoms with Crippen molar-refractivity contribution < 1.29 is 5.11 Å². The molecule has 0 aliphatic carbocycles. The fraction of sp³-hybridized carbons (Fsp3) is 0. The SMILES string of the molecule is Nc1ccc(-c2ccc(-c3ccccc3)cc2)c(O)c1. The molecule has 0 radical (unpaired) electrons. The van der Waals surface area contributed by atoms with Crippen LogP contribution in [-0.2, 0) is 0 Å². The van der Waals surface area contributed by atoms with Crippen LogP contribution >= 0.6 is 0 Å². The first-order chi connectivity index (χ1) is 9.74. The predicted molar refractivity (Wildman–Crippen MR) is 83.4 cm³/mol. The van der Waals surface area contributed by atoms with Crippen molar-refractivity contribution in [2.24, 2.45) is 0 Å². The van der Waals surface area contributed by atoms with Crippen molar-refractivity contribution in [1.82, 2.24) is 0 Å². The standard InChI is InChI=1S/C18H15NO/c19-16-10-11-17(18(20)12-16)15-8-6-14(7-9-15)13-4-2-1-3-5-13/h1-12,20H,19H2. The number of anilines is 1. The molecule has 0 fully saturated rings. The Morgan fingerprint density at radius 3 is 1.90 bits per heavy atom. The highest BCUT2D eigenvalue weighted by atomic mass is 16.3. The first-order valence-corrected chi connectivity index (χ1v) is 6.48. The summed E-state index contributed by atoms with van der Waals surface area (Å²) in [6.07, 6.45) is 0. The predicted octanol–water partition coefficient (Wildman–Crippen LogP) is 4.31. The molecule has 0 aliphatic heterocycles. The summed E-state index contributed by atoms with van der Waals surface area (Å²) in [5.74, 6) is 0.206. The lowest BCUT2D eigenvalue weighted by Crippen LogP contribution is -1.86. The van der Waals surface area contributed by atoms with Crippen LogP contribution in [0.15, 0.2) is 72.8 Å². The number of nitrogen functional groups attached to an aromatic ring is 1. The number of phenols is 1. The molecule has 0 bridgehead atoms. The summed E-state index contributed by atoms with van der Waals surface area (Å²) in [6, 6.07) is 23.5. The number of aromatic hydroxyl groups is 1. The molecule has 3 rings (SSSR count). The largest absolute Gasteiger partial charge is 0.507 e. The van der Waals surface area contributed by atoms with E-state index in [2.05, 4.69) is 24.3 Å². The number of hydrogen-bond acceptors (Lipinski definition) is 2. The van der Waals surface area contributed by atoms with Gasteiger partial charge in [-0.15, -0.1) is 0 Å². The number of hydrogen-bond donors (Lipinski definition) is 2. The molecule has 2 heteroatoms. The Bertz CT molecular complexity index is 718. The molecule has 20 heavy (non-hydrogen) atoms. The Kier molecular flexibility index (Phi) is 3.13. The van der Waals surface area contributed by atoms with Gasteiger partial charge in [-0.05, 0) is 28.8 Å². The second kappa shape index (κ2) is 5.10. The van der Waals surface area contributed by atoms with Crippen LogP contribution in [0.5, 0.6) is 5.75 Å². The maximum atomic E-state index is 9.95. The number of nitrogens with two attached hydrogens (primary N) is 1. The minimum absolute atomic E-state index is 0.206. The van der Waals surface area contributed by atoms with E-state index in [1.54, 1.807) is 12.1 Å². The highest BCUT2D eigenvalue weighted by Gasteiger charge is 2.05. The monoisotopic (exact) mass is 261 g/mol. The van der Waals surface area contributed by atoms with Crippen molar-refractivity contribution >= 4 is 5.69 Å². The van der Waals surface area contributed by atoms with Gasteiger partial charge in [0, 0.05) is 17.3 Å². The Labute approximate surface area is 118 Å². The topological polar surface area (TPSA) is 46.2 Å². The average molecular weight is 261 g/mol. The zero-order chi connectivity index (χ0) is 13.9. The molecule has 0 unspecified atom stereocenters. The van der Waals surface area contributed by atoms with Crippen LogP contribution < -0.4 is 5.73 Å². The maximum Gasteiger partial charge on any atom is 0.125 e. The van der Waals surface area contributed by atoms with Crippen LogP contribution in [0.2, 0.25) is 0 Å². The van der Waals surface area contributed by atoms with Gasteiger partial charge in [0.05, 0.1) is 0 Å². The molecule has 3 aromatic rings. The molecular weight excluding hydrogens is 246 g/mol. The van der Waals surface area contributed by atoms with Gasteiger partial charge in [0.15, 0.2) is 0 Å². The van der Waals surface area contributed by atoms with Crippen molar-refractivity contribution in [3.05, 3.63) is 72.8 Å². The van der Waals surface area contributed by atoms with E-state index in [-0.39, 0.29) is 5.75 Å². The highest BCUT2D eigenvalue weighted by Crippen LogP contribution is 2.32. The Hall–Kier alpha value is -2.74. The third-order valence-corrected chi connectivity index (χ3v) is 3.32. The number of benzene rings is 3. The van der Waals surface area contributed by atoms with Crippen molar-refractivity contribution in [2.45, 2.75) is 0 Å². The quantitative estimate of drug-likeness (QED) is 0.675. The molecular formula is C18H15NO. The molecule has 2 nitrogen and oxygen atoms in total. The van der Waals surface area contributed by atoms with E-state index < -0.39 is 0 Å². The second-order valence-corrected chi connectivity index (χ2v) is 4.72. The lowest BCUT2D eigenvalue weighted by Gasteiger charge is -2.07. The summed E-state index contributed by atoms with van der Waals surface area (Å²) in [7, 11) is 0. The lowest BCUT2D eigenvalue weighted by molar-refractivity contribution is 0.477.